The number of ether oxygens (including phenoxy) is 1. The first-order valence-corrected chi connectivity index (χ1v) is 7.45. The first-order valence-electron chi connectivity index (χ1n) is 7.45. The fraction of sp³-hybridized carbons (Fsp3) is 0.933. The molecule has 0 aliphatic carbocycles. The molecule has 3 heteroatoms. The average molecular weight is 253 g/mol. The van der Waals surface area contributed by atoms with Crippen LogP contribution in [0, 0.1) is 11.8 Å². The Balaban J connectivity index is 1.97. The number of hydrogen-bond donors (Lipinski definition) is 0. The summed E-state index contributed by atoms with van der Waals surface area (Å²) < 4.78 is 5.77. The van der Waals surface area contributed by atoms with Gasteiger partial charge in [0.1, 0.15) is 0 Å². The molecule has 2 fully saturated rings. The monoisotopic (exact) mass is 253 g/mol. The van der Waals surface area contributed by atoms with Crippen molar-refractivity contribution in [1.82, 2.24) is 4.90 Å². The van der Waals surface area contributed by atoms with Gasteiger partial charge >= 0.3 is 0 Å². The van der Waals surface area contributed by atoms with Gasteiger partial charge in [-0.3, -0.25) is 4.79 Å². The summed E-state index contributed by atoms with van der Waals surface area (Å²) in [5.41, 5.74) is 0. The van der Waals surface area contributed by atoms with Crippen LogP contribution in [0.3, 0.4) is 0 Å². The lowest BCUT2D eigenvalue weighted by molar-refractivity contribution is -0.140. The second-order valence-corrected chi connectivity index (χ2v) is 6.30. The Morgan fingerprint density at radius 2 is 1.83 bits per heavy atom. The van der Waals surface area contributed by atoms with Gasteiger partial charge in [-0.2, -0.15) is 0 Å². The molecule has 0 aromatic rings. The van der Waals surface area contributed by atoms with Crippen LogP contribution in [0.4, 0.5) is 0 Å². The van der Waals surface area contributed by atoms with E-state index < -0.39 is 0 Å². The largest absolute Gasteiger partial charge is 0.376 e. The molecule has 2 aliphatic rings. The van der Waals surface area contributed by atoms with E-state index in [9.17, 15) is 4.79 Å². The van der Waals surface area contributed by atoms with Crippen molar-refractivity contribution in [3.8, 4) is 0 Å². The molecule has 2 saturated heterocycles. The molecule has 3 nitrogen and oxygen atoms in total. The van der Waals surface area contributed by atoms with Crippen LogP contribution in [0.5, 0.6) is 0 Å². The van der Waals surface area contributed by atoms with Crippen molar-refractivity contribution < 1.29 is 9.53 Å². The van der Waals surface area contributed by atoms with Crippen molar-refractivity contribution in [2.45, 2.75) is 71.6 Å². The zero-order valence-electron chi connectivity index (χ0n) is 12.2. The lowest BCUT2D eigenvalue weighted by Gasteiger charge is -2.36. The summed E-state index contributed by atoms with van der Waals surface area (Å²) in [7, 11) is 0. The molecule has 2 heterocycles. The Morgan fingerprint density at radius 1 is 1.22 bits per heavy atom. The molecule has 0 radical (unpaired) electrons. The minimum Gasteiger partial charge on any atom is -0.376 e. The molecule has 2 rings (SSSR count). The van der Waals surface area contributed by atoms with E-state index in [1.165, 1.54) is 12.8 Å². The number of carbonyl (C=O) groups is 1. The molecular formula is C15H27NO2. The third-order valence-electron chi connectivity index (χ3n) is 4.67. The number of hydrogen-bond acceptors (Lipinski definition) is 2. The Labute approximate surface area is 111 Å². The number of likely N-dealkylation sites (tertiary alicyclic amines) is 1. The molecule has 104 valence electrons. The SMILES string of the molecule is CC1CC(C(C)C(=O)N2CCC[C@H]2C)CC(C)O1. The van der Waals surface area contributed by atoms with E-state index >= 15 is 0 Å². The molecule has 1 amide bonds. The van der Waals surface area contributed by atoms with Gasteiger partial charge in [0.05, 0.1) is 12.2 Å². The predicted octanol–water partition coefficient (Wildman–Crippen LogP) is 2.84. The smallest absolute Gasteiger partial charge is 0.225 e. The summed E-state index contributed by atoms with van der Waals surface area (Å²) in [6.07, 6.45) is 4.98. The van der Waals surface area contributed by atoms with Crippen LogP contribution in [-0.4, -0.2) is 35.6 Å². The zero-order valence-corrected chi connectivity index (χ0v) is 12.2. The van der Waals surface area contributed by atoms with Crippen molar-refractivity contribution in [3.63, 3.8) is 0 Å². The highest BCUT2D eigenvalue weighted by Crippen LogP contribution is 2.32. The number of rotatable bonds is 2. The van der Waals surface area contributed by atoms with Crippen molar-refractivity contribution in [2.75, 3.05) is 6.54 Å². The topological polar surface area (TPSA) is 29.5 Å². The summed E-state index contributed by atoms with van der Waals surface area (Å²) >= 11 is 0. The molecule has 0 spiro atoms. The Kier molecular flexibility index (Phi) is 4.31. The van der Waals surface area contributed by atoms with Crippen LogP contribution in [0.25, 0.3) is 0 Å². The van der Waals surface area contributed by atoms with Crippen molar-refractivity contribution in [1.29, 1.82) is 0 Å². The minimum atomic E-state index is 0.152. The molecule has 3 unspecified atom stereocenters. The molecule has 0 aromatic carbocycles. The van der Waals surface area contributed by atoms with E-state index in [2.05, 4.69) is 32.6 Å². The van der Waals surface area contributed by atoms with E-state index in [1.54, 1.807) is 0 Å². The van der Waals surface area contributed by atoms with E-state index in [-0.39, 0.29) is 5.92 Å². The third kappa shape index (κ3) is 2.87. The van der Waals surface area contributed by atoms with Gasteiger partial charge in [-0.1, -0.05) is 6.92 Å². The molecule has 0 bridgehead atoms. The molecular weight excluding hydrogens is 226 g/mol. The van der Waals surface area contributed by atoms with Crippen LogP contribution in [0.15, 0.2) is 0 Å². The van der Waals surface area contributed by atoms with Crippen LogP contribution >= 0.6 is 0 Å². The van der Waals surface area contributed by atoms with Crippen molar-refractivity contribution in [3.05, 3.63) is 0 Å². The summed E-state index contributed by atoms with van der Waals surface area (Å²) in [5, 5.41) is 0. The Hall–Kier alpha value is -0.570. The second kappa shape index (κ2) is 5.60. The van der Waals surface area contributed by atoms with Gasteiger partial charge < -0.3 is 9.64 Å². The lowest BCUT2D eigenvalue weighted by atomic mass is 9.82. The fourth-order valence-electron chi connectivity index (χ4n) is 3.59. The predicted molar refractivity (Wildman–Crippen MR) is 72.3 cm³/mol. The number of amides is 1. The first kappa shape index (κ1) is 13.9. The van der Waals surface area contributed by atoms with Crippen LogP contribution in [-0.2, 0) is 9.53 Å². The van der Waals surface area contributed by atoms with E-state index in [0.717, 1.165) is 19.4 Å². The summed E-state index contributed by atoms with van der Waals surface area (Å²) in [6.45, 7) is 9.49. The normalized spacial score (nSPS) is 38.8. The summed E-state index contributed by atoms with van der Waals surface area (Å²) in [6, 6.07) is 0.439. The van der Waals surface area contributed by atoms with Gasteiger partial charge in [0, 0.05) is 18.5 Å². The lowest BCUT2D eigenvalue weighted by Crippen LogP contribution is -2.42. The molecule has 0 aromatic heterocycles. The number of carbonyl (C=O) groups excluding carboxylic acids is 1. The van der Waals surface area contributed by atoms with E-state index in [4.69, 9.17) is 4.74 Å². The van der Waals surface area contributed by atoms with Gasteiger partial charge in [0.2, 0.25) is 5.91 Å². The summed E-state index contributed by atoms with van der Waals surface area (Å²) in [5.74, 6) is 1.01. The Morgan fingerprint density at radius 3 is 2.33 bits per heavy atom. The van der Waals surface area contributed by atoms with Crippen LogP contribution in [0.1, 0.15) is 53.4 Å². The van der Waals surface area contributed by atoms with Gasteiger partial charge in [-0.05, 0) is 52.4 Å². The molecule has 0 saturated carbocycles. The molecule has 4 atom stereocenters. The van der Waals surface area contributed by atoms with E-state index in [1.807, 2.05) is 0 Å². The van der Waals surface area contributed by atoms with Gasteiger partial charge in [-0.15, -0.1) is 0 Å². The minimum absolute atomic E-state index is 0.152. The standard InChI is InChI=1S/C15H27NO2/c1-10-6-5-7-16(10)15(17)13(4)14-8-11(2)18-12(3)9-14/h10-14H,5-9H2,1-4H3/t10-,11?,12?,13?,14?/m1/s1. The Bertz CT molecular complexity index is 295. The van der Waals surface area contributed by atoms with Crippen LogP contribution < -0.4 is 0 Å². The van der Waals surface area contributed by atoms with E-state index in [0.29, 0.717) is 30.1 Å². The van der Waals surface area contributed by atoms with Gasteiger partial charge in [-0.25, -0.2) is 0 Å². The molecule has 18 heavy (non-hydrogen) atoms. The maximum Gasteiger partial charge on any atom is 0.225 e. The molecule has 0 N–H and O–H groups in total. The first-order chi connectivity index (χ1) is 8.49. The van der Waals surface area contributed by atoms with Crippen LogP contribution in [0.2, 0.25) is 0 Å². The zero-order chi connectivity index (χ0) is 13.3. The highest BCUT2D eigenvalue weighted by Gasteiger charge is 2.36. The van der Waals surface area contributed by atoms with Crippen molar-refractivity contribution >= 4 is 5.91 Å². The summed E-state index contributed by atoms with van der Waals surface area (Å²) in [4.78, 5) is 14.6. The van der Waals surface area contributed by atoms with Gasteiger partial charge in [0.25, 0.3) is 0 Å². The van der Waals surface area contributed by atoms with Crippen molar-refractivity contribution in [2.24, 2.45) is 11.8 Å². The highest BCUT2D eigenvalue weighted by atomic mass is 16.5. The quantitative estimate of drug-likeness (QED) is 0.757. The maximum absolute atomic E-state index is 12.6. The second-order valence-electron chi connectivity index (χ2n) is 6.30. The maximum atomic E-state index is 12.6. The highest BCUT2D eigenvalue weighted by molar-refractivity contribution is 5.79. The number of nitrogens with zero attached hydrogens (tertiary/aromatic N) is 1. The molecule has 2 aliphatic heterocycles. The third-order valence-corrected chi connectivity index (χ3v) is 4.67. The average Bonchev–Trinajstić information content (AvgIpc) is 2.72. The fourth-order valence-corrected chi connectivity index (χ4v) is 3.59. The van der Waals surface area contributed by atoms with Gasteiger partial charge in [0.15, 0.2) is 0 Å².